The van der Waals surface area contributed by atoms with E-state index in [1.165, 1.54) is 16.8 Å². The van der Waals surface area contributed by atoms with Gasteiger partial charge in [-0.1, -0.05) is 6.07 Å². The van der Waals surface area contributed by atoms with Crippen molar-refractivity contribution in [2.45, 2.75) is 6.10 Å². The van der Waals surface area contributed by atoms with E-state index in [9.17, 15) is 9.50 Å². The zero-order valence-corrected chi connectivity index (χ0v) is 14.9. The lowest BCUT2D eigenvalue weighted by Gasteiger charge is -2.13. The van der Waals surface area contributed by atoms with Crippen LogP contribution in [0.25, 0.3) is 27.8 Å². The Hall–Kier alpha value is -3.65. The number of halogens is 1. The first-order chi connectivity index (χ1) is 13.6. The Morgan fingerprint density at radius 3 is 2.82 bits per heavy atom. The van der Waals surface area contributed by atoms with E-state index in [4.69, 9.17) is 0 Å². The summed E-state index contributed by atoms with van der Waals surface area (Å²) in [7, 11) is 1.83. The summed E-state index contributed by atoms with van der Waals surface area (Å²) in [6, 6.07) is 10.2. The Morgan fingerprint density at radius 1 is 1.11 bits per heavy atom. The normalized spacial score (nSPS) is 12.7. The van der Waals surface area contributed by atoms with Gasteiger partial charge in [0.15, 0.2) is 5.65 Å². The fraction of sp³-hybridized carbons (Fsp3) is 0.100. The summed E-state index contributed by atoms with van der Waals surface area (Å²) in [5.74, 6) is -0.530. The van der Waals surface area contributed by atoms with Crippen LogP contribution < -0.4 is 0 Å². The molecular weight excluding hydrogens is 359 g/mol. The van der Waals surface area contributed by atoms with Gasteiger partial charge in [-0.3, -0.25) is 9.67 Å². The van der Waals surface area contributed by atoms with E-state index in [0.29, 0.717) is 22.6 Å². The third-order valence-electron chi connectivity index (χ3n) is 4.69. The molecule has 0 amide bonds. The highest BCUT2D eigenvalue weighted by molar-refractivity contribution is 5.79. The van der Waals surface area contributed by atoms with Crippen LogP contribution in [0, 0.1) is 5.82 Å². The molecule has 28 heavy (non-hydrogen) atoms. The van der Waals surface area contributed by atoms with E-state index in [1.54, 1.807) is 35.3 Å². The molecule has 0 aliphatic carbocycles. The predicted molar refractivity (Wildman–Crippen MR) is 101 cm³/mol. The molecular formula is C20H15FN6O. The number of aliphatic hydroxyl groups is 1. The van der Waals surface area contributed by atoms with Gasteiger partial charge in [0.05, 0.1) is 29.3 Å². The number of aromatic nitrogens is 6. The molecule has 1 atom stereocenters. The molecule has 0 saturated heterocycles. The van der Waals surface area contributed by atoms with Gasteiger partial charge in [-0.05, 0) is 24.3 Å². The number of aryl methyl sites for hydroxylation is 1. The van der Waals surface area contributed by atoms with Crippen LogP contribution in [0.3, 0.4) is 0 Å². The van der Waals surface area contributed by atoms with Gasteiger partial charge in [-0.2, -0.15) is 10.2 Å². The van der Waals surface area contributed by atoms with Gasteiger partial charge in [-0.15, -0.1) is 0 Å². The minimum Gasteiger partial charge on any atom is -0.382 e. The highest BCUT2D eigenvalue weighted by Gasteiger charge is 2.21. The summed E-state index contributed by atoms with van der Waals surface area (Å²) in [4.78, 5) is 8.42. The van der Waals surface area contributed by atoms with E-state index in [-0.39, 0.29) is 5.56 Å². The number of nitrogens with zero attached hydrogens (tertiary/aromatic N) is 6. The van der Waals surface area contributed by atoms with Gasteiger partial charge in [0.2, 0.25) is 0 Å². The summed E-state index contributed by atoms with van der Waals surface area (Å²) in [5.41, 5.74) is 3.13. The van der Waals surface area contributed by atoms with E-state index in [2.05, 4.69) is 20.2 Å². The van der Waals surface area contributed by atoms with Crippen LogP contribution in [0.5, 0.6) is 0 Å². The van der Waals surface area contributed by atoms with Crippen molar-refractivity contribution < 1.29 is 9.50 Å². The second kappa shape index (κ2) is 6.21. The first-order valence-electron chi connectivity index (χ1n) is 8.66. The Labute approximate surface area is 158 Å². The lowest BCUT2D eigenvalue weighted by Crippen LogP contribution is -2.08. The van der Waals surface area contributed by atoms with Crippen molar-refractivity contribution >= 4 is 16.6 Å². The number of benzene rings is 1. The topological polar surface area (TPSA) is 81.1 Å². The smallest absolute Gasteiger partial charge is 0.153 e. The maximum atomic E-state index is 14.6. The van der Waals surface area contributed by atoms with Crippen LogP contribution in [-0.2, 0) is 7.05 Å². The minimum atomic E-state index is -1.23. The van der Waals surface area contributed by atoms with Crippen molar-refractivity contribution in [2.75, 3.05) is 0 Å². The molecule has 0 aliphatic heterocycles. The number of pyridine rings is 1. The molecule has 0 fully saturated rings. The average molecular weight is 374 g/mol. The van der Waals surface area contributed by atoms with Crippen LogP contribution in [0.15, 0.2) is 61.2 Å². The van der Waals surface area contributed by atoms with Crippen molar-refractivity contribution in [3.8, 4) is 11.3 Å². The second-order valence-corrected chi connectivity index (χ2v) is 6.55. The average Bonchev–Trinajstić information content (AvgIpc) is 3.32. The molecule has 0 spiro atoms. The number of fused-ring (bicyclic) bond motifs is 2. The fourth-order valence-corrected chi connectivity index (χ4v) is 3.27. The first-order valence-corrected chi connectivity index (χ1v) is 8.66. The van der Waals surface area contributed by atoms with Crippen LogP contribution in [0.4, 0.5) is 4.39 Å². The standard InChI is InChI=1S/C20H15FN6O/c1-26-11-13(9-24-26)16-4-5-19-23-10-18(27(19)25-16)20(28)14-7-12-3-2-6-22-17(12)8-15(14)21/h2-11,20,28H,1H3/t20-/m1/s1. The lowest BCUT2D eigenvalue weighted by molar-refractivity contribution is 0.208. The summed E-state index contributed by atoms with van der Waals surface area (Å²) in [6.45, 7) is 0. The zero-order chi connectivity index (χ0) is 19.3. The van der Waals surface area contributed by atoms with Gasteiger partial charge < -0.3 is 5.11 Å². The molecule has 0 saturated carbocycles. The molecule has 138 valence electrons. The Balaban J connectivity index is 1.63. The predicted octanol–water partition coefficient (Wildman–Crippen LogP) is 2.90. The van der Waals surface area contributed by atoms with Crippen molar-refractivity contribution in [2.24, 2.45) is 7.05 Å². The summed E-state index contributed by atoms with van der Waals surface area (Å²) >= 11 is 0. The minimum absolute atomic E-state index is 0.149. The molecule has 4 heterocycles. The molecule has 0 aliphatic rings. The summed E-state index contributed by atoms with van der Waals surface area (Å²) in [6.07, 6.45) is 5.43. The molecule has 5 rings (SSSR count). The molecule has 0 unspecified atom stereocenters. The third-order valence-corrected chi connectivity index (χ3v) is 4.69. The Morgan fingerprint density at radius 2 is 2.00 bits per heavy atom. The number of hydrogen-bond donors (Lipinski definition) is 1. The van der Waals surface area contributed by atoms with E-state index in [0.717, 1.165) is 10.9 Å². The van der Waals surface area contributed by atoms with Crippen LogP contribution in [-0.4, -0.2) is 34.5 Å². The number of aliphatic hydroxyl groups excluding tert-OH is 1. The third kappa shape index (κ3) is 2.62. The lowest BCUT2D eigenvalue weighted by atomic mass is 10.0. The summed E-state index contributed by atoms with van der Waals surface area (Å²) < 4.78 is 17.9. The molecule has 1 aromatic carbocycles. The Bertz CT molecular complexity index is 1330. The molecule has 4 aromatic heterocycles. The quantitative estimate of drug-likeness (QED) is 0.525. The van der Waals surface area contributed by atoms with E-state index < -0.39 is 11.9 Å². The number of imidazole rings is 1. The van der Waals surface area contributed by atoms with Crippen molar-refractivity contribution in [1.29, 1.82) is 0 Å². The maximum Gasteiger partial charge on any atom is 0.153 e. The molecule has 1 N–H and O–H groups in total. The highest BCUT2D eigenvalue weighted by Crippen LogP contribution is 2.28. The van der Waals surface area contributed by atoms with Crippen LogP contribution in [0.1, 0.15) is 17.4 Å². The highest BCUT2D eigenvalue weighted by atomic mass is 19.1. The van der Waals surface area contributed by atoms with E-state index in [1.807, 2.05) is 25.4 Å². The van der Waals surface area contributed by atoms with Crippen LogP contribution in [0.2, 0.25) is 0 Å². The van der Waals surface area contributed by atoms with Gasteiger partial charge in [0, 0.05) is 42.0 Å². The fourth-order valence-electron chi connectivity index (χ4n) is 3.27. The maximum absolute atomic E-state index is 14.6. The molecule has 0 radical (unpaired) electrons. The van der Waals surface area contributed by atoms with E-state index >= 15 is 0 Å². The molecule has 0 bridgehead atoms. The Kier molecular flexibility index (Phi) is 3.66. The largest absolute Gasteiger partial charge is 0.382 e. The SMILES string of the molecule is Cn1cc(-c2ccc3ncc([C@H](O)c4cc5cccnc5cc4F)n3n2)cn1. The van der Waals surface area contributed by atoms with Gasteiger partial charge in [-0.25, -0.2) is 13.9 Å². The molecule has 5 aromatic rings. The van der Waals surface area contributed by atoms with Crippen molar-refractivity contribution in [1.82, 2.24) is 29.4 Å². The second-order valence-electron chi connectivity index (χ2n) is 6.55. The van der Waals surface area contributed by atoms with Gasteiger partial charge in [0.25, 0.3) is 0 Å². The molecule has 7 nitrogen and oxygen atoms in total. The molecule has 8 heteroatoms. The van der Waals surface area contributed by atoms with Gasteiger partial charge >= 0.3 is 0 Å². The number of rotatable bonds is 3. The van der Waals surface area contributed by atoms with Gasteiger partial charge in [0.1, 0.15) is 11.9 Å². The van der Waals surface area contributed by atoms with Crippen LogP contribution >= 0.6 is 0 Å². The number of hydrogen-bond acceptors (Lipinski definition) is 5. The zero-order valence-electron chi connectivity index (χ0n) is 14.9. The van der Waals surface area contributed by atoms with Crippen molar-refractivity contribution in [3.05, 3.63) is 78.3 Å². The first kappa shape index (κ1) is 16.5. The summed E-state index contributed by atoms with van der Waals surface area (Å²) in [5, 5.41) is 20.4. The van der Waals surface area contributed by atoms with Crippen molar-refractivity contribution in [3.63, 3.8) is 0 Å². The monoisotopic (exact) mass is 374 g/mol.